The Kier molecular flexibility index (Phi) is 4.29. The van der Waals surface area contributed by atoms with Gasteiger partial charge in [-0.25, -0.2) is 0 Å². The molecule has 0 saturated carbocycles. The summed E-state index contributed by atoms with van der Waals surface area (Å²) in [5.41, 5.74) is 0. The fourth-order valence-corrected chi connectivity index (χ4v) is 4.10. The number of hydrogen-bond acceptors (Lipinski definition) is 3. The smallest absolute Gasteiger partial charge is 0.308 e. The number of aliphatic carboxylic acids is 1. The van der Waals surface area contributed by atoms with Gasteiger partial charge in [0.1, 0.15) is 12.4 Å². The highest BCUT2D eigenvalue weighted by Gasteiger charge is 2.48. The van der Waals surface area contributed by atoms with Crippen LogP contribution in [0.4, 0.5) is 0 Å². The summed E-state index contributed by atoms with van der Waals surface area (Å²) in [6.07, 6.45) is 2.84. The van der Waals surface area contributed by atoms with Crippen LogP contribution in [0.25, 0.3) is 0 Å². The fraction of sp³-hybridized carbons (Fsp3) is 0.533. The molecule has 0 amide bonds. The minimum Gasteiger partial charge on any atom is -0.492 e. The van der Waals surface area contributed by atoms with Gasteiger partial charge < -0.3 is 9.84 Å². The number of halogens is 2. The predicted molar refractivity (Wildman–Crippen MR) is 81.2 cm³/mol. The maximum Gasteiger partial charge on any atom is 0.308 e. The van der Waals surface area contributed by atoms with Gasteiger partial charge in [-0.3, -0.25) is 9.69 Å². The lowest BCUT2D eigenvalue weighted by molar-refractivity contribution is -0.142. The van der Waals surface area contributed by atoms with Gasteiger partial charge in [0, 0.05) is 28.7 Å². The maximum atomic E-state index is 11.2. The van der Waals surface area contributed by atoms with Gasteiger partial charge in [-0.2, -0.15) is 0 Å². The molecular weight excluding hydrogens is 313 g/mol. The molecule has 2 bridgehead atoms. The largest absolute Gasteiger partial charge is 0.492 e. The van der Waals surface area contributed by atoms with Gasteiger partial charge in [0.05, 0.1) is 5.92 Å². The molecule has 6 heteroatoms. The van der Waals surface area contributed by atoms with Crippen LogP contribution in [0.1, 0.15) is 19.3 Å². The van der Waals surface area contributed by atoms with E-state index in [9.17, 15) is 9.90 Å². The molecule has 2 fully saturated rings. The average molecular weight is 330 g/mol. The molecular formula is C15H17Cl2NO3. The number of carboxylic acid groups (broad SMARTS) is 1. The van der Waals surface area contributed by atoms with Crippen LogP contribution in [0.2, 0.25) is 10.0 Å². The molecule has 2 aliphatic rings. The lowest BCUT2D eigenvalue weighted by Gasteiger charge is -2.22. The number of carbonyl (C=O) groups is 1. The SMILES string of the molecule is O=C(O)C1CC2CCC1N2CCOc1cc(Cl)cc(Cl)c1. The summed E-state index contributed by atoms with van der Waals surface area (Å²) in [6.45, 7) is 1.25. The fourth-order valence-electron chi connectivity index (χ4n) is 3.60. The molecule has 0 aromatic heterocycles. The Bertz CT molecular complexity index is 531. The molecule has 1 N–H and O–H groups in total. The van der Waals surface area contributed by atoms with Crippen LogP contribution in [-0.2, 0) is 4.79 Å². The quantitative estimate of drug-likeness (QED) is 0.900. The molecule has 3 rings (SSSR count). The van der Waals surface area contributed by atoms with Crippen molar-refractivity contribution in [3.8, 4) is 5.75 Å². The van der Waals surface area contributed by atoms with Crippen molar-refractivity contribution in [1.29, 1.82) is 0 Å². The first-order chi connectivity index (χ1) is 10.0. The third kappa shape index (κ3) is 3.12. The Morgan fingerprint density at radius 3 is 2.62 bits per heavy atom. The highest BCUT2D eigenvalue weighted by Crippen LogP contribution is 2.41. The number of hydrogen-bond donors (Lipinski definition) is 1. The van der Waals surface area contributed by atoms with Gasteiger partial charge >= 0.3 is 5.97 Å². The van der Waals surface area contributed by atoms with Crippen molar-refractivity contribution in [3.63, 3.8) is 0 Å². The number of ether oxygens (including phenoxy) is 1. The molecule has 0 aliphatic carbocycles. The van der Waals surface area contributed by atoms with E-state index in [2.05, 4.69) is 4.90 Å². The van der Waals surface area contributed by atoms with Crippen molar-refractivity contribution in [3.05, 3.63) is 28.2 Å². The topological polar surface area (TPSA) is 49.8 Å². The molecule has 114 valence electrons. The van der Waals surface area contributed by atoms with E-state index in [1.807, 2.05) is 0 Å². The van der Waals surface area contributed by atoms with E-state index < -0.39 is 5.97 Å². The minimum atomic E-state index is -0.672. The molecule has 3 atom stereocenters. The average Bonchev–Trinajstić information content (AvgIpc) is 2.95. The normalized spacial score (nSPS) is 28.0. The van der Waals surface area contributed by atoms with Crippen LogP contribution in [-0.4, -0.2) is 41.2 Å². The standard InChI is InChI=1S/C15H17Cl2NO3/c16-9-5-10(17)7-12(6-9)21-4-3-18-11-1-2-14(18)13(8-11)15(19)20/h5-7,11,13-14H,1-4,8H2,(H,19,20). The highest BCUT2D eigenvalue weighted by atomic mass is 35.5. The summed E-state index contributed by atoms with van der Waals surface area (Å²) in [7, 11) is 0. The summed E-state index contributed by atoms with van der Waals surface area (Å²) in [6, 6.07) is 5.67. The molecule has 2 aliphatic heterocycles. The van der Waals surface area contributed by atoms with Gasteiger partial charge in [0.25, 0.3) is 0 Å². The first-order valence-electron chi connectivity index (χ1n) is 7.12. The van der Waals surface area contributed by atoms with Crippen molar-refractivity contribution < 1.29 is 14.6 Å². The molecule has 4 nitrogen and oxygen atoms in total. The minimum absolute atomic E-state index is 0.166. The summed E-state index contributed by atoms with van der Waals surface area (Å²) >= 11 is 11.9. The van der Waals surface area contributed by atoms with Crippen LogP contribution < -0.4 is 4.74 Å². The Labute approximate surface area is 133 Å². The van der Waals surface area contributed by atoms with Crippen LogP contribution in [0.15, 0.2) is 18.2 Å². The third-order valence-electron chi connectivity index (χ3n) is 4.45. The van der Waals surface area contributed by atoms with Crippen LogP contribution >= 0.6 is 23.2 Å². The zero-order valence-corrected chi connectivity index (χ0v) is 13.0. The number of rotatable bonds is 5. The molecule has 21 heavy (non-hydrogen) atoms. The number of fused-ring (bicyclic) bond motifs is 2. The second kappa shape index (κ2) is 6.03. The Morgan fingerprint density at radius 1 is 1.29 bits per heavy atom. The van der Waals surface area contributed by atoms with Crippen molar-refractivity contribution in [1.82, 2.24) is 4.90 Å². The van der Waals surface area contributed by atoms with E-state index >= 15 is 0 Å². The second-order valence-electron chi connectivity index (χ2n) is 5.67. The molecule has 1 aromatic carbocycles. The van der Waals surface area contributed by atoms with Gasteiger partial charge in [0.2, 0.25) is 0 Å². The van der Waals surface area contributed by atoms with Gasteiger partial charge in [-0.1, -0.05) is 23.2 Å². The number of carboxylic acids is 1. The Morgan fingerprint density at radius 2 is 2.00 bits per heavy atom. The number of benzene rings is 1. The zero-order chi connectivity index (χ0) is 15.0. The molecule has 2 saturated heterocycles. The van der Waals surface area contributed by atoms with Crippen molar-refractivity contribution in [2.75, 3.05) is 13.2 Å². The van der Waals surface area contributed by atoms with Crippen molar-refractivity contribution in [2.24, 2.45) is 5.92 Å². The summed E-state index contributed by atoms with van der Waals surface area (Å²) in [5.74, 6) is -0.243. The predicted octanol–water partition coefficient (Wildman–Crippen LogP) is 3.31. The van der Waals surface area contributed by atoms with E-state index in [0.717, 1.165) is 25.8 Å². The van der Waals surface area contributed by atoms with Crippen LogP contribution in [0.5, 0.6) is 5.75 Å². The maximum absolute atomic E-state index is 11.2. The van der Waals surface area contributed by atoms with Gasteiger partial charge in [0.15, 0.2) is 0 Å². The van der Waals surface area contributed by atoms with E-state index in [1.165, 1.54) is 0 Å². The Balaban J connectivity index is 1.55. The zero-order valence-electron chi connectivity index (χ0n) is 11.5. The van der Waals surface area contributed by atoms with Crippen LogP contribution in [0, 0.1) is 5.92 Å². The molecule has 2 heterocycles. The van der Waals surface area contributed by atoms with E-state index in [1.54, 1.807) is 18.2 Å². The van der Waals surface area contributed by atoms with Gasteiger partial charge in [-0.05, 0) is 37.5 Å². The van der Waals surface area contributed by atoms with E-state index in [0.29, 0.717) is 28.4 Å². The lowest BCUT2D eigenvalue weighted by atomic mass is 9.89. The number of nitrogens with zero attached hydrogens (tertiary/aromatic N) is 1. The molecule has 0 spiro atoms. The first kappa shape index (κ1) is 14.9. The van der Waals surface area contributed by atoms with Crippen molar-refractivity contribution >= 4 is 29.2 Å². The molecule has 3 unspecified atom stereocenters. The summed E-state index contributed by atoms with van der Waals surface area (Å²) in [5, 5.41) is 10.3. The van der Waals surface area contributed by atoms with Gasteiger partial charge in [-0.15, -0.1) is 0 Å². The summed E-state index contributed by atoms with van der Waals surface area (Å²) < 4.78 is 5.69. The first-order valence-corrected chi connectivity index (χ1v) is 7.87. The lowest BCUT2D eigenvalue weighted by Crippen LogP contribution is -2.35. The monoisotopic (exact) mass is 329 g/mol. The third-order valence-corrected chi connectivity index (χ3v) is 4.89. The molecule has 1 aromatic rings. The molecule has 0 radical (unpaired) electrons. The second-order valence-corrected chi connectivity index (χ2v) is 6.54. The van der Waals surface area contributed by atoms with Crippen LogP contribution in [0.3, 0.4) is 0 Å². The summed E-state index contributed by atoms with van der Waals surface area (Å²) in [4.78, 5) is 13.5. The van der Waals surface area contributed by atoms with Crippen molar-refractivity contribution in [2.45, 2.75) is 31.3 Å². The van der Waals surface area contributed by atoms with E-state index in [4.69, 9.17) is 27.9 Å². The van der Waals surface area contributed by atoms with E-state index in [-0.39, 0.29) is 12.0 Å². The highest BCUT2D eigenvalue weighted by molar-refractivity contribution is 6.34. The Hall–Kier alpha value is -0.970.